The first-order valence-electron chi connectivity index (χ1n) is 7.28. The molecule has 1 atom stereocenters. The molecule has 1 heterocycles. The Hall–Kier alpha value is -1.07. The summed E-state index contributed by atoms with van der Waals surface area (Å²) in [5.74, 6) is 2.03. The quantitative estimate of drug-likeness (QED) is 0.906. The Kier molecular flexibility index (Phi) is 5.50. The fourth-order valence-electron chi connectivity index (χ4n) is 2.02. The average molecular weight is 344 g/mol. The molecule has 0 radical (unpaired) electrons. The molecule has 0 saturated carbocycles. The molecule has 1 aromatic carbocycles. The summed E-state index contributed by atoms with van der Waals surface area (Å²) in [6.07, 6.45) is 0. The predicted molar refractivity (Wildman–Crippen MR) is 91.1 cm³/mol. The monoisotopic (exact) mass is 343 g/mol. The highest BCUT2D eigenvalue weighted by Crippen LogP contribution is 2.39. The van der Waals surface area contributed by atoms with Gasteiger partial charge in [0.15, 0.2) is 11.5 Å². The third-order valence-corrected chi connectivity index (χ3v) is 4.52. The minimum absolute atomic E-state index is 0.0427. The van der Waals surface area contributed by atoms with Crippen molar-refractivity contribution in [3.63, 3.8) is 0 Å². The summed E-state index contributed by atoms with van der Waals surface area (Å²) in [7, 11) is 0. The van der Waals surface area contributed by atoms with Gasteiger partial charge in [-0.15, -0.1) is 11.8 Å². The molecule has 1 aliphatic heterocycles. The molecule has 122 valence electrons. The van der Waals surface area contributed by atoms with Gasteiger partial charge in [0.05, 0.1) is 10.3 Å². The average Bonchev–Trinajstić information content (AvgIpc) is 2.43. The number of rotatable bonds is 4. The summed E-state index contributed by atoms with van der Waals surface area (Å²) < 4.78 is 11.1. The third-order valence-electron chi connectivity index (χ3n) is 3.02. The van der Waals surface area contributed by atoms with Crippen LogP contribution >= 0.6 is 23.4 Å². The van der Waals surface area contributed by atoms with E-state index < -0.39 is 0 Å². The molecule has 2 rings (SSSR count). The first-order valence-corrected chi connectivity index (χ1v) is 8.70. The molecule has 1 aliphatic rings. The number of carbonyl (C=O) groups is 1. The van der Waals surface area contributed by atoms with Gasteiger partial charge in [0.1, 0.15) is 13.2 Å². The maximum Gasteiger partial charge on any atom is 0.233 e. The number of fused-ring (bicyclic) bond motifs is 1. The Balaban J connectivity index is 1.97. The van der Waals surface area contributed by atoms with E-state index in [2.05, 4.69) is 5.32 Å². The summed E-state index contributed by atoms with van der Waals surface area (Å²) in [5.41, 5.74) is 0.807. The van der Waals surface area contributed by atoms with Gasteiger partial charge in [-0.1, -0.05) is 11.6 Å². The van der Waals surface area contributed by atoms with Crippen LogP contribution in [-0.2, 0) is 10.5 Å². The lowest BCUT2D eigenvalue weighted by molar-refractivity contribution is -0.121. The van der Waals surface area contributed by atoms with E-state index in [1.807, 2.05) is 39.8 Å². The van der Waals surface area contributed by atoms with Crippen molar-refractivity contribution in [1.82, 2.24) is 5.32 Å². The number of thioether (sulfide) groups is 1. The largest absolute Gasteiger partial charge is 0.486 e. The van der Waals surface area contributed by atoms with Crippen LogP contribution in [0.5, 0.6) is 11.5 Å². The second-order valence-electron chi connectivity index (χ2n) is 6.29. The number of benzene rings is 1. The smallest absolute Gasteiger partial charge is 0.233 e. The number of carbonyl (C=O) groups excluding carboxylic acids is 1. The van der Waals surface area contributed by atoms with E-state index in [0.29, 0.717) is 35.5 Å². The minimum Gasteiger partial charge on any atom is -0.486 e. The molecule has 1 unspecified atom stereocenters. The highest BCUT2D eigenvalue weighted by atomic mass is 35.5. The predicted octanol–water partition coefficient (Wildman–Crippen LogP) is 3.65. The number of hydrogen-bond donors (Lipinski definition) is 1. The van der Waals surface area contributed by atoms with Crippen LogP contribution in [0.4, 0.5) is 0 Å². The minimum atomic E-state index is -0.216. The van der Waals surface area contributed by atoms with Gasteiger partial charge in [0.2, 0.25) is 5.91 Å². The normalized spacial score (nSPS) is 15.3. The van der Waals surface area contributed by atoms with E-state index in [1.165, 1.54) is 0 Å². The molecule has 0 aromatic heterocycles. The zero-order valence-electron chi connectivity index (χ0n) is 13.4. The first kappa shape index (κ1) is 17.3. The fraction of sp³-hybridized carbons (Fsp3) is 0.562. The number of amides is 1. The summed E-state index contributed by atoms with van der Waals surface area (Å²) >= 11 is 7.79. The van der Waals surface area contributed by atoms with Gasteiger partial charge >= 0.3 is 0 Å². The molecule has 0 fully saturated rings. The molecule has 6 heteroatoms. The molecule has 4 nitrogen and oxygen atoms in total. The van der Waals surface area contributed by atoms with Gasteiger partial charge in [-0.25, -0.2) is 0 Å². The van der Waals surface area contributed by atoms with Crippen LogP contribution in [0.3, 0.4) is 0 Å². The van der Waals surface area contributed by atoms with Gasteiger partial charge < -0.3 is 14.8 Å². The zero-order chi connectivity index (χ0) is 16.3. The fourth-order valence-corrected chi connectivity index (χ4v) is 3.12. The lowest BCUT2D eigenvalue weighted by Gasteiger charge is -2.23. The van der Waals surface area contributed by atoms with Crippen LogP contribution in [0.25, 0.3) is 0 Å². The van der Waals surface area contributed by atoms with Crippen molar-refractivity contribution in [3.05, 3.63) is 22.7 Å². The van der Waals surface area contributed by atoms with Crippen LogP contribution in [0.2, 0.25) is 5.02 Å². The molecule has 0 spiro atoms. The molecule has 1 N–H and O–H groups in total. The molecule has 1 amide bonds. The van der Waals surface area contributed by atoms with Crippen LogP contribution in [0.15, 0.2) is 12.1 Å². The van der Waals surface area contributed by atoms with Crippen molar-refractivity contribution in [2.24, 2.45) is 0 Å². The highest BCUT2D eigenvalue weighted by Gasteiger charge is 2.21. The molecule has 0 saturated heterocycles. The first-order chi connectivity index (χ1) is 10.3. The van der Waals surface area contributed by atoms with Crippen molar-refractivity contribution in [1.29, 1.82) is 0 Å². The maximum atomic E-state index is 12.1. The highest BCUT2D eigenvalue weighted by molar-refractivity contribution is 7.99. The van der Waals surface area contributed by atoms with Crippen LogP contribution in [0, 0.1) is 0 Å². The summed E-state index contributed by atoms with van der Waals surface area (Å²) in [4.78, 5) is 12.1. The van der Waals surface area contributed by atoms with Gasteiger partial charge in [-0.3, -0.25) is 4.79 Å². The lowest BCUT2D eigenvalue weighted by atomic mass is 10.1. The molecular weight excluding hydrogens is 322 g/mol. The number of hydrogen-bond acceptors (Lipinski definition) is 4. The zero-order valence-corrected chi connectivity index (χ0v) is 14.9. The Morgan fingerprint density at radius 3 is 2.73 bits per heavy atom. The standard InChI is InChI=1S/C16H22ClNO3S/c1-10(15(19)18-16(2,3)4)22-9-11-7-12(17)14-13(8-11)20-5-6-21-14/h7-8,10H,5-6,9H2,1-4H3,(H,18,19). The summed E-state index contributed by atoms with van der Waals surface area (Å²) in [6.45, 7) is 8.88. The van der Waals surface area contributed by atoms with Crippen molar-refractivity contribution in [2.45, 2.75) is 44.2 Å². The van der Waals surface area contributed by atoms with Gasteiger partial charge in [0.25, 0.3) is 0 Å². The second kappa shape index (κ2) is 7.01. The number of ether oxygens (including phenoxy) is 2. The molecule has 0 aliphatic carbocycles. The van der Waals surface area contributed by atoms with Crippen LogP contribution in [-0.4, -0.2) is 29.9 Å². The Bertz CT molecular complexity index is 557. The van der Waals surface area contributed by atoms with Crippen LogP contribution < -0.4 is 14.8 Å². The van der Waals surface area contributed by atoms with E-state index in [-0.39, 0.29) is 16.7 Å². The van der Waals surface area contributed by atoms with Gasteiger partial charge in [-0.05, 0) is 45.4 Å². The van der Waals surface area contributed by atoms with Crippen molar-refractivity contribution >= 4 is 29.3 Å². The maximum absolute atomic E-state index is 12.1. The molecule has 1 aromatic rings. The molecule has 22 heavy (non-hydrogen) atoms. The molecule has 0 bridgehead atoms. The SMILES string of the molecule is CC(SCc1cc(Cl)c2c(c1)OCCO2)C(=O)NC(C)(C)C. The van der Waals surface area contributed by atoms with Gasteiger partial charge in [0, 0.05) is 11.3 Å². The van der Waals surface area contributed by atoms with E-state index in [0.717, 1.165) is 5.56 Å². The number of nitrogens with one attached hydrogen (secondary N) is 1. The van der Waals surface area contributed by atoms with Gasteiger partial charge in [-0.2, -0.15) is 0 Å². The van der Waals surface area contributed by atoms with E-state index >= 15 is 0 Å². The molecular formula is C16H22ClNO3S. The topological polar surface area (TPSA) is 47.6 Å². The van der Waals surface area contributed by atoms with Crippen LogP contribution in [0.1, 0.15) is 33.3 Å². The van der Waals surface area contributed by atoms with Crippen molar-refractivity contribution < 1.29 is 14.3 Å². The Labute approximate surface area is 140 Å². The third kappa shape index (κ3) is 4.71. The second-order valence-corrected chi connectivity index (χ2v) is 8.03. The van der Waals surface area contributed by atoms with Crippen molar-refractivity contribution in [3.8, 4) is 11.5 Å². The van der Waals surface area contributed by atoms with E-state index in [4.69, 9.17) is 21.1 Å². The Morgan fingerprint density at radius 1 is 1.36 bits per heavy atom. The Morgan fingerprint density at radius 2 is 2.05 bits per heavy atom. The van der Waals surface area contributed by atoms with E-state index in [9.17, 15) is 4.79 Å². The summed E-state index contributed by atoms with van der Waals surface area (Å²) in [5, 5.41) is 3.41. The lowest BCUT2D eigenvalue weighted by Crippen LogP contribution is -2.44. The summed E-state index contributed by atoms with van der Waals surface area (Å²) in [6, 6.07) is 3.80. The number of halogens is 1. The van der Waals surface area contributed by atoms with Crippen molar-refractivity contribution in [2.75, 3.05) is 13.2 Å². The van der Waals surface area contributed by atoms with E-state index in [1.54, 1.807) is 11.8 Å².